The standard InChI is InChI=1S/C11H9NO2/c1-12-9-5-3-2-4-7(9)8-6-14-11(13)10(8)12/h2-5H,6H2,1H3. The number of ether oxygens (including phenoxy) is 1. The lowest BCUT2D eigenvalue weighted by atomic mass is 10.1. The minimum Gasteiger partial charge on any atom is -0.456 e. The summed E-state index contributed by atoms with van der Waals surface area (Å²) in [5, 5.41) is 1.12. The first-order valence-electron chi connectivity index (χ1n) is 4.52. The minimum atomic E-state index is -0.210. The summed E-state index contributed by atoms with van der Waals surface area (Å²) in [4.78, 5) is 11.4. The van der Waals surface area contributed by atoms with Crippen LogP contribution in [0, 0.1) is 0 Å². The van der Waals surface area contributed by atoms with Gasteiger partial charge in [-0.15, -0.1) is 0 Å². The lowest BCUT2D eigenvalue weighted by molar-refractivity contribution is 0.0527. The van der Waals surface area contributed by atoms with Crippen LogP contribution in [0.25, 0.3) is 10.9 Å². The molecule has 0 radical (unpaired) electrons. The number of carbonyl (C=O) groups excluding carboxylic acids is 1. The second-order valence-corrected chi connectivity index (χ2v) is 3.48. The summed E-state index contributed by atoms with van der Waals surface area (Å²) in [6.45, 7) is 0.412. The Kier molecular flexibility index (Phi) is 1.29. The van der Waals surface area contributed by atoms with E-state index in [1.54, 1.807) is 0 Å². The highest BCUT2D eigenvalue weighted by molar-refractivity contribution is 6.01. The van der Waals surface area contributed by atoms with Gasteiger partial charge in [0, 0.05) is 23.5 Å². The van der Waals surface area contributed by atoms with Crippen molar-refractivity contribution in [2.75, 3.05) is 0 Å². The van der Waals surface area contributed by atoms with Gasteiger partial charge < -0.3 is 9.30 Å². The number of carbonyl (C=O) groups is 1. The fourth-order valence-corrected chi connectivity index (χ4v) is 2.08. The van der Waals surface area contributed by atoms with E-state index in [2.05, 4.69) is 0 Å². The fraction of sp³-hybridized carbons (Fsp3) is 0.182. The minimum absolute atomic E-state index is 0.210. The molecule has 0 unspecified atom stereocenters. The zero-order valence-corrected chi connectivity index (χ0v) is 7.78. The van der Waals surface area contributed by atoms with E-state index in [4.69, 9.17) is 4.74 Å². The average Bonchev–Trinajstić information content (AvgIpc) is 2.70. The van der Waals surface area contributed by atoms with Crippen molar-refractivity contribution in [3.63, 3.8) is 0 Å². The van der Waals surface area contributed by atoms with Crippen LogP contribution in [0.15, 0.2) is 24.3 Å². The van der Waals surface area contributed by atoms with E-state index < -0.39 is 0 Å². The highest BCUT2D eigenvalue weighted by atomic mass is 16.5. The molecule has 70 valence electrons. The molecule has 0 spiro atoms. The summed E-state index contributed by atoms with van der Waals surface area (Å²) in [5.41, 5.74) is 2.81. The molecule has 0 bridgehead atoms. The number of hydrogen-bond acceptors (Lipinski definition) is 2. The predicted octanol–water partition coefficient (Wildman–Crippen LogP) is 1.85. The maximum absolute atomic E-state index is 11.4. The molecule has 0 aliphatic carbocycles. The monoisotopic (exact) mass is 187 g/mol. The maximum Gasteiger partial charge on any atom is 0.355 e. The molecular formula is C11H9NO2. The number of para-hydroxylation sites is 1. The van der Waals surface area contributed by atoms with E-state index >= 15 is 0 Å². The van der Waals surface area contributed by atoms with Crippen molar-refractivity contribution >= 4 is 16.9 Å². The van der Waals surface area contributed by atoms with Gasteiger partial charge in [0.05, 0.1) is 0 Å². The molecule has 0 saturated heterocycles. The molecular weight excluding hydrogens is 178 g/mol. The van der Waals surface area contributed by atoms with E-state index in [0.29, 0.717) is 12.3 Å². The third kappa shape index (κ3) is 0.744. The Bertz CT molecular complexity index is 539. The van der Waals surface area contributed by atoms with E-state index in [9.17, 15) is 4.79 Å². The van der Waals surface area contributed by atoms with Crippen LogP contribution in [-0.4, -0.2) is 10.5 Å². The van der Waals surface area contributed by atoms with Crippen molar-refractivity contribution < 1.29 is 9.53 Å². The highest BCUT2D eigenvalue weighted by Crippen LogP contribution is 2.30. The highest BCUT2D eigenvalue weighted by Gasteiger charge is 2.27. The Labute approximate surface area is 80.9 Å². The number of hydrogen-bond donors (Lipinski definition) is 0. The number of fused-ring (bicyclic) bond motifs is 3. The number of cyclic esters (lactones) is 1. The summed E-state index contributed by atoms with van der Waals surface area (Å²) in [5.74, 6) is -0.210. The van der Waals surface area contributed by atoms with Crippen LogP contribution in [-0.2, 0) is 18.4 Å². The molecule has 0 N–H and O–H groups in total. The van der Waals surface area contributed by atoms with Gasteiger partial charge in [-0.2, -0.15) is 0 Å². The van der Waals surface area contributed by atoms with Gasteiger partial charge >= 0.3 is 5.97 Å². The SMILES string of the molecule is Cn1c2c(c3ccccc31)COC2=O. The van der Waals surface area contributed by atoms with Gasteiger partial charge in [0.1, 0.15) is 12.3 Å². The van der Waals surface area contributed by atoms with Crippen molar-refractivity contribution in [1.82, 2.24) is 4.57 Å². The smallest absolute Gasteiger partial charge is 0.355 e. The molecule has 1 aliphatic heterocycles. The number of esters is 1. The molecule has 2 heterocycles. The Balaban J connectivity index is 2.51. The first-order valence-corrected chi connectivity index (χ1v) is 4.52. The lowest BCUT2D eigenvalue weighted by Gasteiger charge is -1.99. The van der Waals surface area contributed by atoms with E-state index in [-0.39, 0.29) is 5.97 Å². The molecule has 1 aromatic carbocycles. The second kappa shape index (κ2) is 2.38. The van der Waals surface area contributed by atoms with Gasteiger partial charge in [0.25, 0.3) is 0 Å². The molecule has 1 aromatic heterocycles. The van der Waals surface area contributed by atoms with Crippen LogP contribution in [0.3, 0.4) is 0 Å². The normalized spacial score (nSPS) is 14.5. The molecule has 0 saturated carbocycles. The van der Waals surface area contributed by atoms with Crippen LogP contribution in [0.4, 0.5) is 0 Å². The molecule has 3 rings (SSSR count). The van der Waals surface area contributed by atoms with Gasteiger partial charge in [-0.05, 0) is 6.07 Å². The Morgan fingerprint density at radius 2 is 2.14 bits per heavy atom. The van der Waals surface area contributed by atoms with Gasteiger partial charge in [0.2, 0.25) is 0 Å². The topological polar surface area (TPSA) is 31.2 Å². The summed E-state index contributed by atoms with van der Waals surface area (Å²) < 4.78 is 6.90. The number of aryl methyl sites for hydroxylation is 1. The third-order valence-electron chi connectivity index (χ3n) is 2.75. The zero-order valence-electron chi connectivity index (χ0n) is 7.78. The molecule has 14 heavy (non-hydrogen) atoms. The lowest BCUT2D eigenvalue weighted by Crippen LogP contribution is -2.02. The van der Waals surface area contributed by atoms with E-state index in [0.717, 1.165) is 16.5 Å². The molecule has 3 nitrogen and oxygen atoms in total. The number of benzene rings is 1. The van der Waals surface area contributed by atoms with Crippen LogP contribution < -0.4 is 0 Å². The van der Waals surface area contributed by atoms with Crippen LogP contribution in [0.2, 0.25) is 0 Å². The number of nitrogens with zero attached hydrogens (tertiary/aromatic N) is 1. The van der Waals surface area contributed by atoms with Gasteiger partial charge in [-0.1, -0.05) is 18.2 Å². The summed E-state index contributed by atoms with van der Waals surface area (Å²) in [6.07, 6.45) is 0. The third-order valence-corrected chi connectivity index (χ3v) is 2.75. The van der Waals surface area contributed by atoms with Gasteiger partial charge in [-0.3, -0.25) is 0 Å². The van der Waals surface area contributed by atoms with Crippen molar-refractivity contribution in [1.29, 1.82) is 0 Å². The quantitative estimate of drug-likeness (QED) is 0.589. The van der Waals surface area contributed by atoms with Crippen molar-refractivity contribution in [2.24, 2.45) is 7.05 Å². The van der Waals surface area contributed by atoms with Crippen molar-refractivity contribution in [3.05, 3.63) is 35.5 Å². The Morgan fingerprint density at radius 3 is 3.00 bits per heavy atom. The molecule has 2 aromatic rings. The number of rotatable bonds is 0. The average molecular weight is 187 g/mol. The van der Waals surface area contributed by atoms with Crippen molar-refractivity contribution in [3.8, 4) is 0 Å². The molecule has 1 aliphatic rings. The second-order valence-electron chi connectivity index (χ2n) is 3.48. The van der Waals surface area contributed by atoms with Crippen molar-refractivity contribution in [2.45, 2.75) is 6.61 Å². The van der Waals surface area contributed by atoms with E-state index in [1.165, 1.54) is 0 Å². The van der Waals surface area contributed by atoms with Gasteiger partial charge in [-0.25, -0.2) is 4.79 Å². The first kappa shape index (κ1) is 7.62. The maximum atomic E-state index is 11.4. The molecule has 3 heteroatoms. The van der Waals surface area contributed by atoms with Gasteiger partial charge in [0.15, 0.2) is 0 Å². The number of aromatic nitrogens is 1. The summed E-state index contributed by atoms with van der Waals surface area (Å²) in [7, 11) is 1.90. The Morgan fingerprint density at radius 1 is 1.36 bits per heavy atom. The van der Waals surface area contributed by atoms with Crippen LogP contribution in [0.5, 0.6) is 0 Å². The van der Waals surface area contributed by atoms with Crippen LogP contribution in [0.1, 0.15) is 16.1 Å². The van der Waals surface area contributed by atoms with Crippen LogP contribution >= 0.6 is 0 Å². The first-order chi connectivity index (χ1) is 6.79. The Hall–Kier alpha value is -1.77. The molecule has 0 fully saturated rings. The predicted molar refractivity (Wildman–Crippen MR) is 52.0 cm³/mol. The van der Waals surface area contributed by atoms with E-state index in [1.807, 2.05) is 35.9 Å². The molecule has 0 atom stereocenters. The summed E-state index contributed by atoms with van der Waals surface area (Å²) in [6, 6.07) is 7.99. The largest absolute Gasteiger partial charge is 0.456 e. The molecule has 0 amide bonds. The summed E-state index contributed by atoms with van der Waals surface area (Å²) >= 11 is 0. The zero-order chi connectivity index (χ0) is 9.71. The fourth-order valence-electron chi connectivity index (χ4n) is 2.08.